The fraction of sp³-hybridized carbons (Fsp3) is 0.500. The fourth-order valence-corrected chi connectivity index (χ4v) is 1.68. The van der Waals surface area contributed by atoms with Crippen molar-refractivity contribution in [1.29, 1.82) is 0 Å². The number of methoxy groups -OCH3 is 3. The minimum Gasteiger partial charge on any atom is -0.493 e. The molecule has 0 aliphatic carbocycles. The van der Waals surface area contributed by atoms with E-state index in [0.29, 0.717) is 12.4 Å². The molecule has 0 fully saturated rings. The van der Waals surface area contributed by atoms with Crippen molar-refractivity contribution in [2.45, 2.75) is 13.8 Å². The SMILES string of the molecule is COc1cc(C(=O)O)c(OCC(C)C)c(OC)c1OC. The Hall–Kier alpha value is -2.11. The van der Waals surface area contributed by atoms with Gasteiger partial charge in [0, 0.05) is 6.07 Å². The first kappa shape index (κ1) is 15.9. The van der Waals surface area contributed by atoms with Gasteiger partial charge in [-0.2, -0.15) is 0 Å². The summed E-state index contributed by atoms with van der Waals surface area (Å²) < 4.78 is 21.2. The molecular formula is C14H20O6. The molecule has 0 bridgehead atoms. The second-order valence-electron chi connectivity index (χ2n) is 4.53. The highest BCUT2D eigenvalue weighted by Gasteiger charge is 2.25. The zero-order valence-electron chi connectivity index (χ0n) is 12.4. The quantitative estimate of drug-likeness (QED) is 0.829. The van der Waals surface area contributed by atoms with E-state index in [1.807, 2.05) is 13.8 Å². The Balaban J connectivity index is 3.45. The van der Waals surface area contributed by atoms with Crippen LogP contribution >= 0.6 is 0 Å². The molecule has 6 heteroatoms. The number of benzene rings is 1. The average Bonchev–Trinajstić information content (AvgIpc) is 2.42. The molecule has 0 atom stereocenters. The van der Waals surface area contributed by atoms with Gasteiger partial charge in [-0.05, 0) is 5.92 Å². The first-order chi connectivity index (χ1) is 9.46. The molecule has 0 amide bonds. The van der Waals surface area contributed by atoms with Crippen LogP contribution in [0.15, 0.2) is 6.07 Å². The molecular weight excluding hydrogens is 264 g/mol. The van der Waals surface area contributed by atoms with E-state index in [0.717, 1.165) is 0 Å². The van der Waals surface area contributed by atoms with Crippen LogP contribution in [0, 0.1) is 5.92 Å². The molecule has 1 rings (SSSR count). The van der Waals surface area contributed by atoms with Crippen LogP contribution in [0.1, 0.15) is 24.2 Å². The third kappa shape index (κ3) is 3.26. The number of carboxylic acid groups (broad SMARTS) is 1. The predicted molar refractivity (Wildman–Crippen MR) is 73.4 cm³/mol. The number of ether oxygens (including phenoxy) is 4. The lowest BCUT2D eigenvalue weighted by molar-refractivity contribution is 0.0689. The Morgan fingerprint density at radius 2 is 1.70 bits per heavy atom. The first-order valence-corrected chi connectivity index (χ1v) is 6.15. The van der Waals surface area contributed by atoms with Crippen LogP contribution in [0.4, 0.5) is 0 Å². The van der Waals surface area contributed by atoms with Crippen LogP contribution in [0.5, 0.6) is 23.0 Å². The summed E-state index contributed by atoms with van der Waals surface area (Å²) in [5, 5.41) is 9.30. The van der Waals surface area contributed by atoms with Crippen molar-refractivity contribution in [3.63, 3.8) is 0 Å². The Bertz CT molecular complexity index is 481. The molecule has 1 aromatic carbocycles. The van der Waals surface area contributed by atoms with Gasteiger partial charge in [0.15, 0.2) is 11.5 Å². The maximum absolute atomic E-state index is 11.4. The van der Waals surface area contributed by atoms with Gasteiger partial charge < -0.3 is 24.1 Å². The molecule has 0 radical (unpaired) electrons. The first-order valence-electron chi connectivity index (χ1n) is 6.15. The second-order valence-corrected chi connectivity index (χ2v) is 4.53. The molecule has 0 unspecified atom stereocenters. The summed E-state index contributed by atoms with van der Waals surface area (Å²) in [6.07, 6.45) is 0. The van der Waals surface area contributed by atoms with Gasteiger partial charge in [0.25, 0.3) is 0 Å². The monoisotopic (exact) mass is 284 g/mol. The molecule has 0 heterocycles. The van der Waals surface area contributed by atoms with Crippen molar-refractivity contribution in [2.24, 2.45) is 5.92 Å². The van der Waals surface area contributed by atoms with Gasteiger partial charge in [0.1, 0.15) is 5.56 Å². The van der Waals surface area contributed by atoms with Gasteiger partial charge >= 0.3 is 5.97 Å². The third-order valence-corrected chi connectivity index (χ3v) is 2.58. The number of carbonyl (C=O) groups is 1. The highest BCUT2D eigenvalue weighted by Crippen LogP contribution is 2.46. The van der Waals surface area contributed by atoms with E-state index in [1.54, 1.807) is 0 Å². The third-order valence-electron chi connectivity index (χ3n) is 2.58. The number of hydrogen-bond acceptors (Lipinski definition) is 5. The second kappa shape index (κ2) is 6.88. The van der Waals surface area contributed by atoms with Gasteiger partial charge in [-0.25, -0.2) is 4.79 Å². The molecule has 0 saturated carbocycles. The molecule has 6 nitrogen and oxygen atoms in total. The molecule has 20 heavy (non-hydrogen) atoms. The summed E-state index contributed by atoms with van der Waals surface area (Å²) in [4.78, 5) is 11.4. The van der Waals surface area contributed by atoms with Crippen LogP contribution in [-0.4, -0.2) is 39.0 Å². The molecule has 1 N–H and O–H groups in total. The lowest BCUT2D eigenvalue weighted by atomic mass is 10.1. The lowest BCUT2D eigenvalue weighted by Gasteiger charge is -2.19. The summed E-state index contributed by atoms with van der Waals surface area (Å²) in [7, 11) is 4.30. The van der Waals surface area contributed by atoms with E-state index < -0.39 is 5.97 Å². The Labute approximate surface area is 118 Å². The highest BCUT2D eigenvalue weighted by molar-refractivity contribution is 5.93. The predicted octanol–water partition coefficient (Wildman–Crippen LogP) is 2.45. The maximum Gasteiger partial charge on any atom is 0.339 e. The van der Waals surface area contributed by atoms with Gasteiger partial charge in [-0.1, -0.05) is 13.8 Å². The summed E-state index contributed by atoms with van der Waals surface area (Å²) in [6.45, 7) is 4.30. The van der Waals surface area contributed by atoms with E-state index in [2.05, 4.69) is 0 Å². The van der Waals surface area contributed by atoms with E-state index in [4.69, 9.17) is 18.9 Å². The number of carboxylic acids is 1. The Morgan fingerprint density at radius 1 is 1.10 bits per heavy atom. The molecule has 112 valence electrons. The molecule has 0 aliphatic heterocycles. The number of aromatic carboxylic acids is 1. The largest absolute Gasteiger partial charge is 0.493 e. The van der Waals surface area contributed by atoms with Crippen molar-refractivity contribution in [2.75, 3.05) is 27.9 Å². The summed E-state index contributed by atoms with van der Waals surface area (Å²) >= 11 is 0. The lowest BCUT2D eigenvalue weighted by Crippen LogP contribution is -2.11. The fourth-order valence-electron chi connectivity index (χ4n) is 1.68. The highest BCUT2D eigenvalue weighted by atomic mass is 16.5. The van der Waals surface area contributed by atoms with Crippen LogP contribution in [0.25, 0.3) is 0 Å². The summed E-state index contributed by atoms with van der Waals surface area (Å²) in [5.74, 6) is 0.0612. The number of rotatable bonds is 7. The van der Waals surface area contributed by atoms with Crippen LogP contribution in [0.2, 0.25) is 0 Å². The van der Waals surface area contributed by atoms with Gasteiger partial charge in [-0.15, -0.1) is 0 Å². The average molecular weight is 284 g/mol. The van der Waals surface area contributed by atoms with Crippen molar-refractivity contribution in [1.82, 2.24) is 0 Å². The van der Waals surface area contributed by atoms with Crippen molar-refractivity contribution in [3.05, 3.63) is 11.6 Å². The normalized spacial score (nSPS) is 10.3. The van der Waals surface area contributed by atoms with E-state index >= 15 is 0 Å². The van der Waals surface area contributed by atoms with Crippen LogP contribution < -0.4 is 18.9 Å². The zero-order chi connectivity index (χ0) is 15.3. The molecule has 0 spiro atoms. The Morgan fingerprint density at radius 3 is 2.10 bits per heavy atom. The minimum absolute atomic E-state index is 0.0276. The smallest absolute Gasteiger partial charge is 0.339 e. The topological polar surface area (TPSA) is 74.2 Å². The van der Waals surface area contributed by atoms with Crippen molar-refractivity contribution < 1.29 is 28.8 Å². The van der Waals surface area contributed by atoms with E-state index in [1.165, 1.54) is 27.4 Å². The molecule has 0 aromatic heterocycles. The summed E-state index contributed by atoms with van der Waals surface area (Å²) in [5.41, 5.74) is -0.0276. The van der Waals surface area contributed by atoms with Gasteiger partial charge in [0.2, 0.25) is 11.5 Å². The van der Waals surface area contributed by atoms with Gasteiger partial charge in [0.05, 0.1) is 27.9 Å². The minimum atomic E-state index is -1.12. The van der Waals surface area contributed by atoms with Crippen molar-refractivity contribution in [3.8, 4) is 23.0 Å². The summed E-state index contributed by atoms with van der Waals surface area (Å²) in [6, 6.07) is 1.36. The number of hydrogen-bond donors (Lipinski definition) is 1. The van der Waals surface area contributed by atoms with E-state index in [9.17, 15) is 9.90 Å². The molecule has 0 saturated heterocycles. The molecule has 1 aromatic rings. The maximum atomic E-state index is 11.4. The van der Waals surface area contributed by atoms with E-state index in [-0.39, 0.29) is 28.7 Å². The van der Waals surface area contributed by atoms with Crippen LogP contribution in [-0.2, 0) is 0 Å². The van der Waals surface area contributed by atoms with Gasteiger partial charge in [-0.3, -0.25) is 0 Å². The van der Waals surface area contributed by atoms with Crippen molar-refractivity contribution >= 4 is 5.97 Å². The standard InChI is InChI=1S/C14H20O6/c1-8(2)7-20-11-9(14(15)16)6-10(17-3)12(18-4)13(11)19-5/h6,8H,7H2,1-5H3,(H,15,16). The molecule has 0 aliphatic rings. The zero-order valence-corrected chi connectivity index (χ0v) is 12.4. The Kier molecular flexibility index (Phi) is 5.49. The van der Waals surface area contributed by atoms with Crippen LogP contribution in [0.3, 0.4) is 0 Å².